The van der Waals surface area contributed by atoms with Crippen LogP contribution in [0.3, 0.4) is 0 Å². The molecule has 0 N–H and O–H groups in total. The van der Waals surface area contributed by atoms with E-state index in [1.807, 2.05) is 37.3 Å². The molecule has 0 aliphatic carbocycles. The van der Waals surface area contributed by atoms with Crippen LogP contribution in [0.1, 0.15) is 21.5 Å². The summed E-state index contributed by atoms with van der Waals surface area (Å²) in [4.78, 5) is 12.3. The van der Waals surface area contributed by atoms with Gasteiger partial charge in [-0.2, -0.15) is 0 Å². The van der Waals surface area contributed by atoms with Gasteiger partial charge in [0, 0.05) is 5.56 Å². The number of benzene rings is 2. The van der Waals surface area contributed by atoms with Crippen LogP contribution in [-0.4, -0.2) is 12.9 Å². The van der Waals surface area contributed by atoms with E-state index in [2.05, 4.69) is 0 Å². The number of allylic oxidation sites excluding steroid dienone is 1. The molecule has 1 heterocycles. The Morgan fingerprint density at radius 2 is 1.85 bits per heavy atom. The van der Waals surface area contributed by atoms with Gasteiger partial charge in [-0.1, -0.05) is 30.3 Å². The van der Waals surface area contributed by atoms with Gasteiger partial charge in [-0.05, 0) is 30.7 Å². The molecule has 1 aliphatic heterocycles. The summed E-state index contributed by atoms with van der Waals surface area (Å²) in [6.45, 7) is 1.89. The number of ketones is 1. The molecule has 0 aromatic heterocycles. The Morgan fingerprint density at radius 3 is 2.55 bits per heavy atom. The summed E-state index contributed by atoms with van der Waals surface area (Å²) in [6.07, 6.45) is 1.76. The molecule has 2 aromatic rings. The van der Waals surface area contributed by atoms with E-state index < -0.39 is 0 Å². The van der Waals surface area contributed by atoms with Crippen LogP contribution in [0, 0.1) is 6.92 Å². The topological polar surface area (TPSA) is 35.5 Å². The van der Waals surface area contributed by atoms with E-state index in [0.717, 1.165) is 16.9 Å². The van der Waals surface area contributed by atoms with Crippen molar-refractivity contribution in [1.29, 1.82) is 0 Å². The number of ether oxygens (including phenoxy) is 2. The summed E-state index contributed by atoms with van der Waals surface area (Å²) in [5.74, 6) is 1.58. The molecule has 1 aliphatic rings. The van der Waals surface area contributed by atoms with Gasteiger partial charge in [0.1, 0.15) is 11.5 Å². The van der Waals surface area contributed by atoms with Gasteiger partial charge in [0.15, 0.2) is 5.76 Å². The molecule has 0 bridgehead atoms. The number of carbonyl (C=O) groups excluding carboxylic acids is 1. The van der Waals surface area contributed by atoms with Crippen LogP contribution in [0.5, 0.6) is 11.5 Å². The third kappa shape index (κ3) is 1.97. The van der Waals surface area contributed by atoms with E-state index in [4.69, 9.17) is 9.47 Å². The molecule has 3 heteroatoms. The molecule has 100 valence electrons. The molecule has 0 spiro atoms. The zero-order chi connectivity index (χ0) is 14.1. The molecule has 0 unspecified atom stereocenters. The van der Waals surface area contributed by atoms with E-state index in [-0.39, 0.29) is 5.78 Å². The second kappa shape index (κ2) is 4.85. The van der Waals surface area contributed by atoms with Gasteiger partial charge in [0.05, 0.1) is 12.7 Å². The van der Waals surface area contributed by atoms with Crippen LogP contribution in [-0.2, 0) is 0 Å². The maximum atomic E-state index is 12.3. The fourth-order valence-corrected chi connectivity index (χ4v) is 2.29. The van der Waals surface area contributed by atoms with Gasteiger partial charge in [-0.15, -0.1) is 0 Å². The Balaban J connectivity index is 2.03. The van der Waals surface area contributed by atoms with E-state index in [0.29, 0.717) is 17.1 Å². The normalized spacial score (nSPS) is 15.1. The average Bonchev–Trinajstić information content (AvgIpc) is 2.79. The SMILES string of the molecule is COc1ccc2c(c1C)O/C(=C\c1ccccc1)C2=O. The first-order valence-electron chi connectivity index (χ1n) is 6.37. The van der Waals surface area contributed by atoms with E-state index in [1.165, 1.54) is 0 Å². The maximum absolute atomic E-state index is 12.3. The zero-order valence-corrected chi connectivity index (χ0v) is 11.3. The van der Waals surface area contributed by atoms with Gasteiger partial charge in [0.2, 0.25) is 5.78 Å². The van der Waals surface area contributed by atoms with Crippen molar-refractivity contribution in [3.05, 3.63) is 64.9 Å². The average molecular weight is 266 g/mol. The summed E-state index contributed by atoms with van der Waals surface area (Å²) in [6, 6.07) is 13.2. The number of fused-ring (bicyclic) bond motifs is 1. The quantitative estimate of drug-likeness (QED) is 0.779. The third-order valence-corrected chi connectivity index (χ3v) is 3.35. The molecule has 20 heavy (non-hydrogen) atoms. The Bertz CT molecular complexity index is 700. The van der Waals surface area contributed by atoms with E-state index in [1.54, 1.807) is 25.3 Å². The maximum Gasteiger partial charge on any atom is 0.231 e. The summed E-state index contributed by atoms with van der Waals surface area (Å²) in [5, 5.41) is 0. The Hall–Kier alpha value is -2.55. The first-order chi connectivity index (χ1) is 9.70. The lowest BCUT2D eigenvalue weighted by atomic mass is 10.1. The summed E-state index contributed by atoms with van der Waals surface area (Å²) in [5.41, 5.74) is 2.37. The van der Waals surface area contributed by atoms with Gasteiger partial charge in [-0.25, -0.2) is 0 Å². The van der Waals surface area contributed by atoms with Crippen LogP contribution in [0.4, 0.5) is 0 Å². The lowest BCUT2D eigenvalue weighted by molar-refractivity contribution is 0.101. The lowest BCUT2D eigenvalue weighted by Crippen LogP contribution is -1.97. The number of Topliss-reactive ketones (excluding diaryl/α,β-unsaturated/α-hetero) is 1. The Morgan fingerprint density at radius 1 is 1.10 bits per heavy atom. The van der Waals surface area contributed by atoms with Gasteiger partial charge in [0.25, 0.3) is 0 Å². The number of methoxy groups -OCH3 is 1. The molecule has 0 radical (unpaired) electrons. The molecule has 0 fully saturated rings. The minimum Gasteiger partial charge on any atom is -0.496 e. The van der Waals surface area contributed by atoms with Gasteiger partial charge < -0.3 is 9.47 Å². The van der Waals surface area contributed by atoms with Crippen LogP contribution in [0.15, 0.2) is 48.2 Å². The predicted octanol–water partition coefficient (Wildman–Crippen LogP) is 3.62. The molecule has 0 amide bonds. The predicted molar refractivity (Wildman–Crippen MR) is 77.1 cm³/mol. The Kier molecular flexibility index (Phi) is 3.03. The molecule has 3 rings (SSSR count). The first-order valence-corrected chi connectivity index (χ1v) is 6.37. The summed E-state index contributed by atoms with van der Waals surface area (Å²) >= 11 is 0. The molecule has 0 saturated carbocycles. The van der Waals surface area contributed by atoms with Crippen LogP contribution >= 0.6 is 0 Å². The van der Waals surface area contributed by atoms with Gasteiger partial charge >= 0.3 is 0 Å². The van der Waals surface area contributed by atoms with E-state index >= 15 is 0 Å². The highest BCUT2D eigenvalue weighted by molar-refractivity contribution is 6.14. The highest BCUT2D eigenvalue weighted by atomic mass is 16.5. The molecule has 0 saturated heterocycles. The summed E-state index contributed by atoms with van der Waals surface area (Å²) < 4.78 is 11.0. The van der Waals surface area contributed by atoms with Crippen molar-refractivity contribution >= 4 is 11.9 Å². The third-order valence-electron chi connectivity index (χ3n) is 3.35. The monoisotopic (exact) mass is 266 g/mol. The molecule has 3 nitrogen and oxygen atoms in total. The van der Waals surface area contributed by atoms with Crippen LogP contribution in [0.2, 0.25) is 0 Å². The smallest absolute Gasteiger partial charge is 0.231 e. The molecular formula is C17H14O3. The van der Waals surface area contributed by atoms with Crippen molar-refractivity contribution in [2.75, 3.05) is 7.11 Å². The van der Waals surface area contributed by atoms with Crippen molar-refractivity contribution < 1.29 is 14.3 Å². The second-order valence-corrected chi connectivity index (χ2v) is 4.62. The molecule has 0 atom stereocenters. The highest BCUT2D eigenvalue weighted by Crippen LogP contribution is 2.39. The van der Waals surface area contributed by atoms with Crippen molar-refractivity contribution in [2.24, 2.45) is 0 Å². The Labute approximate surface area is 117 Å². The summed E-state index contributed by atoms with van der Waals surface area (Å²) in [7, 11) is 1.60. The minimum atomic E-state index is -0.0883. The van der Waals surface area contributed by atoms with E-state index in [9.17, 15) is 4.79 Å². The molecule has 2 aromatic carbocycles. The standard InChI is InChI=1S/C17H14O3/c1-11-14(19-2)9-8-13-16(18)15(20-17(11)13)10-12-6-4-3-5-7-12/h3-10H,1-2H3/b15-10-. The second-order valence-electron chi connectivity index (χ2n) is 4.62. The number of hydrogen-bond donors (Lipinski definition) is 0. The van der Waals surface area contributed by atoms with Crippen molar-refractivity contribution in [2.45, 2.75) is 6.92 Å². The largest absolute Gasteiger partial charge is 0.496 e. The van der Waals surface area contributed by atoms with Crippen LogP contribution in [0.25, 0.3) is 6.08 Å². The lowest BCUT2D eigenvalue weighted by Gasteiger charge is -2.07. The fourth-order valence-electron chi connectivity index (χ4n) is 2.29. The molecular weight excluding hydrogens is 252 g/mol. The van der Waals surface area contributed by atoms with Crippen molar-refractivity contribution in [1.82, 2.24) is 0 Å². The number of carbonyl (C=O) groups is 1. The van der Waals surface area contributed by atoms with Crippen LogP contribution < -0.4 is 9.47 Å². The van der Waals surface area contributed by atoms with Gasteiger partial charge in [-0.3, -0.25) is 4.79 Å². The zero-order valence-electron chi connectivity index (χ0n) is 11.3. The minimum absolute atomic E-state index is 0.0883. The first kappa shape index (κ1) is 12.5. The number of rotatable bonds is 2. The number of hydrogen-bond acceptors (Lipinski definition) is 3. The van der Waals surface area contributed by atoms with Crippen molar-refractivity contribution in [3.63, 3.8) is 0 Å². The fraction of sp³-hybridized carbons (Fsp3) is 0.118. The highest BCUT2D eigenvalue weighted by Gasteiger charge is 2.29. The van der Waals surface area contributed by atoms with Crippen molar-refractivity contribution in [3.8, 4) is 11.5 Å².